The number of aromatic nitrogens is 1. The van der Waals surface area contributed by atoms with Gasteiger partial charge < -0.3 is 19.3 Å². The second-order valence-electron chi connectivity index (χ2n) is 4.20. The number of aromatic carboxylic acids is 1. The number of carboxylic acid groups (broad SMARTS) is 1. The first-order valence-corrected chi connectivity index (χ1v) is 5.65. The van der Waals surface area contributed by atoms with Gasteiger partial charge in [0, 0.05) is 26.3 Å². The standard InChI is InChI=1S/C11H14N2O5/c1-13(6-7-3-2-4-17-7)10(14)8-5-9(11(15)16)18-12-8/h5,7H,2-4,6H2,1H3,(H,15,16). The normalized spacial score (nSPS) is 18.8. The molecule has 0 spiro atoms. The number of nitrogens with zero attached hydrogens (tertiary/aromatic N) is 2. The molecule has 1 aromatic heterocycles. The van der Waals surface area contributed by atoms with Crippen LogP contribution in [0.5, 0.6) is 0 Å². The van der Waals surface area contributed by atoms with Gasteiger partial charge in [0.05, 0.1) is 6.10 Å². The van der Waals surface area contributed by atoms with Crippen LogP contribution in [0.25, 0.3) is 0 Å². The van der Waals surface area contributed by atoms with Crippen molar-refractivity contribution in [3.63, 3.8) is 0 Å². The minimum absolute atomic E-state index is 0.00658. The predicted octanol–water partition coefficient (Wildman–Crippen LogP) is 0.624. The summed E-state index contributed by atoms with van der Waals surface area (Å²) in [5.74, 6) is -1.96. The average molecular weight is 254 g/mol. The van der Waals surface area contributed by atoms with E-state index in [2.05, 4.69) is 9.68 Å². The van der Waals surface area contributed by atoms with Crippen molar-refractivity contribution < 1.29 is 24.0 Å². The lowest BCUT2D eigenvalue weighted by Crippen LogP contribution is -2.34. The van der Waals surface area contributed by atoms with Crippen LogP contribution in [0.3, 0.4) is 0 Å². The molecule has 0 aromatic carbocycles. The summed E-state index contributed by atoms with van der Waals surface area (Å²) in [6, 6.07) is 1.12. The lowest BCUT2D eigenvalue weighted by atomic mass is 10.2. The highest BCUT2D eigenvalue weighted by atomic mass is 16.5. The first-order valence-electron chi connectivity index (χ1n) is 5.65. The minimum Gasteiger partial charge on any atom is -0.475 e. The molecule has 1 aromatic rings. The molecule has 0 aliphatic carbocycles. The van der Waals surface area contributed by atoms with Crippen molar-refractivity contribution in [2.45, 2.75) is 18.9 Å². The van der Waals surface area contributed by atoms with E-state index in [1.54, 1.807) is 7.05 Å². The summed E-state index contributed by atoms with van der Waals surface area (Å²) in [6.07, 6.45) is 1.97. The Labute approximate surface area is 103 Å². The Balaban J connectivity index is 1.98. The number of carboxylic acids is 1. The van der Waals surface area contributed by atoms with E-state index in [1.807, 2.05) is 0 Å². The van der Waals surface area contributed by atoms with Crippen molar-refractivity contribution in [2.75, 3.05) is 20.2 Å². The molecule has 2 heterocycles. The Bertz CT molecular complexity index is 450. The van der Waals surface area contributed by atoms with E-state index in [1.165, 1.54) is 4.90 Å². The number of ether oxygens (including phenoxy) is 1. The van der Waals surface area contributed by atoms with Gasteiger partial charge in [0.2, 0.25) is 5.76 Å². The smallest absolute Gasteiger partial charge is 0.374 e. The molecule has 2 rings (SSSR count). The summed E-state index contributed by atoms with van der Waals surface area (Å²) in [5.41, 5.74) is -0.00658. The second kappa shape index (κ2) is 5.18. The zero-order valence-corrected chi connectivity index (χ0v) is 9.96. The van der Waals surface area contributed by atoms with Gasteiger partial charge in [-0.3, -0.25) is 4.79 Å². The highest BCUT2D eigenvalue weighted by molar-refractivity contribution is 5.94. The van der Waals surface area contributed by atoms with Crippen molar-refractivity contribution >= 4 is 11.9 Å². The van der Waals surface area contributed by atoms with Gasteiger partial charge in [-0.15, -0.1) is 0 Å². The van der Waals surface area contributed by atoms with Gasteiger partial charge >= 0.3 is 5.97 Å². The van der Waals surface area contributed by atoms with E-state index < -0.39 is 5.97 Å². The minimum atomic E-state index is -1.25. The molecule has 1 saturated heterocycles. The molecule has 18 heavy (non-hydrogen) atoms. The predicted molar refractivity (Wildman–Crippen MR) is 59.4 cm³/mol. The van der Waals surface area contributed by atoms with Gasteiger partial charge in [-0.1, -0.05) is 5.16 Å². The Morgan fingerprint density at radius 3 is 2.94 bits per heavy atom. The zero-order chi connectivity index (χ0) is 13.1. The monoisotopic (exact) mass is 254 g/mol. The molecular weight excluding hydrogens is 240 g/mol. The van der Waals surface area contributed by atoms with Gasteiger partial charge in [0.15, 0.2) is 5.69 Å². The molecule has 1 fully saturated rings. The fourth-order valence-electron chi connectivity index (χ4n) is 1.85. The summed E-state index contributed by atoms with van der Waals surface area (Å²) >= 11 is 0. The Kier molecular flexibility index (Phi) is 3.61. The number of hydrogen-bond donors (Lipinski definition) is 1. The van der Waals surface area contributed by atoms with Gasteiger partial charge in [-0.2, -0.15) is 0 Å². The Morgan fingerprint density at radius 2 is 2.39 bits per heavy atom. The second-order valence-corrected chi connectivity index (χ2v) is 4.20. The lowest BCUT2D eigenvalue weighted by molar-refractivity contribution is 0.0577. The van der Waals surface area contributed by atoms with Crippen LogP contribution < -0.4 is 0 Å². The summed E-state index contributed by atoms with van der Waals surface area (Å²) in [5, 5.41) is 12.1. The topological polar surface area (TPSA) is 92.9 Å². The van der Waals surface area contributed by atoms with Crippen LogP contribution in [0.1, 0.15) is 33.9 Å². The maximum atomic E-state index is 11.9. The SMILES string of the molecule is CN(CC1CCCO1)C(=O)c1cc(C(=O)O)on1. The first kappa shape index (κ1) is 12.6. The third-order valence-electron chi connectivity index (χ3n) is 2.79. The van der Waals surface area contributed by atoms with Crippen LogP contribution in [-0.4, -0.2) is 53.3 Å². The maximum Gasteiger partial charge on any atom is 0.374 e. The van der Waals surface area contributed by atoms with E-state index in [4.69, 9.17) is 9.84 Å². The molecule has 1 amide bonds. The van der Waals surface area contributed by atoms with Crippen molar-refractivity contribution in [3.05, 3.63) is 17.5 Å². The number of amides is 1. The summed E-state index contributed by atoms with van der Waals surface area (Å²) in [7, 11) is 1.62. The van der Waals surface area contributed by atoms with E-state index in [0.29, 0.717) is 6.54 Å². The number of likely N-dealkylation sites (N-methyl/N-ethyl adjacent to an activating group) is 1. The molecule has 1 unspecified atom stereocenters. The molecular formula is C11H14N2O5. The van der Waals surface area contributed by atoms with Crippen LogP contribution in [0.15, 0.2) is 10.6 Å². The summed E-state index contributed by atoms with van der Waals surface area (Å²) in [6.45, 7) is 1.19. The number of carbonyl (C=O) groups is 2. The summed E-state index contributed by atoms with van der Waals surface area (Å²) in [4.78, 5) is 24.0. The molecule has 7 heteroatoms. The molecule has 0 radical (unpaired) electrons. The number of hydrogen-bond acceptors (Lipinski definition) is 5. The van der Waals surface area contributed by atoms with Gasteiger partial charge in [-0.25, -0.2) is 4.79 Å². The van der Waals surface area contributed by atoms with Gasteiger partial charge in [0.1, 0.15) is 0 Å². The highest BCUT2D eigenvalue weighted by Crippen LogP contribution is 2.14. The molecule has 0 bridgehead atoms. The van der Waals surface area contributed by atoms with Crippen molar-refractivity contribution in [1.82, 2.24) is 10.1 Å². The Hall–Kier alpha value is -1.89. The first-order chi connectivity index (χ1) is 8.58. The largest absolute Gasteiger partial charge is 0.475 e. The van der Waals surface area contributed by atoms with Crippen molar-refractivity contribution in [1.29, 1.82) is 0 Å². The fraction of sp³-hybridized carbons (Fsp3) is 0.545. The molecule has 0 saturated carbocycles. The molecule has 1 N–H and O–H groups in total. The van der Waals surface area contributed by atoms with Crippen molar-refractivity contribution in [3.8, 4) is 0 Å². The van der Waals surface area contributed by atoms with Gasteiger partial charge in [0.25, 0.3) is 5.91 Å². The molecule has 1 aliphatic heterocycles. The summed E-state index contributed by atoms with van der Waals surface area (Å²) < 4.78 is 9.96. The number of carbonyl (C=O) groups excluding carboxylic acids is 1. The average Bonchev–Trinajstić information content (AvgIpc) is 2.98. The molecule has 1 aliphatic rings. The maximum absolute atomic E-state index is 11.9. The van der Waals surface area contributed by atoms with E-state index in [-0.39, 0.29) is 23.5 Å². The van der Waals surface area contributed by atoms with Crippen LogP contribution in [0.2, 0.25) is 0 Å². The van der Waals surface area contributed by atoms with E-state index in [9.17, 15) is 9.59 Å². The zero-order valence-electron chi connectivity index (χ0n) is 9.96. The van der Waals surface area contributed by atoms with Gasteiger partial charge in [-0.05, 0) is 12.8 Å². The van der Waals surface area contributed by atoms with E-state index in [0.717, 1.165) is 25.5 Å². The molecule has 1 atom stereocenters. The van der Waals surface area contributed by atoms with Crippen LogP contribution >= 0.6 is 0 Å². The quantitative estimate of drug-likeness (QED) is 0.846. The van der Waals surface area contributed by atoms with E-state index >= 15 is 0 Å². The lowest BCUT2D eigenvalue weighted by Gasteiger charge is -2.19. The van der Waals surface area contributed by atoms with Crippen LogP contribution in [0.4, 0.5) is 0 Å². The third kappa shape index (κ3) is 2.67. The highest BCUT2D eigenvalue weighted by Gasteiger charge is 2.23. The van der Waals surface area contributed by atoms with Crippen LogP contribution in [-0.2, 0) is 4.74 Å². The van der Waals surface area contributed by atoms with Crippen LogP contribution in [0, 0.1) is 0 Å². The number of rotatable bonds is 4. The third-order valence-corrected chi connectivity index (χ3v) is 2.79. The molecule has 7 nitrogen and oxygen atoms in total. The Morgan fingerprint density at radius 1 is 1.61 bits per heavy atom. The molecule has 98 valence electrons. The van der Waals surface area contributed by atoms with Crippen molar-refractivity contribution in [2.24, 2.45) is 0 Å². The fourth-order valence-corrected chi connectivity index (χ4v) is 1.85.